The van der Waals surface area contributed by atoms with Crippen LogP contribution in [0, 0.1) is 5.92 Å². The van der Waals surface area contributed by atoms with Gasteiger partial charge in [-0.1, -0.05) is 42.8 Å². The molecule has 1 aromatic carbocycles. The van der Waals surface area contributed by atoms with E-state index < -0.39 is 10.0 Å². The van der Waals surface area contributed by atoms with Crippen molar-refractivity contribution in [1.29, 1.82) is 0 Å². The second kappa shape index (κ2) is 8.09. The maximum Gasteiger partial charge on any atom is 0.250 e. The van der Waals surface area contributed by atoms with Gasteiger partial charge in [0.1, 0.15) is 0 Å². The molecule has 5 nitrogen and oxygen atoms in total. The fourth-order valence-corrected chi connectivity index (χ4v) is 6.26. The number of fused-ring (bicyclic) bond motifs is 4. The van der Waals surface area contributed by atoms with Gasteiger partial charge in [-0.3, -0.25) is 4.79 Å². The minimum atomic E-state index is -3.24. The fourth-order valence-electron chi connectivity index (χ4n) is 4.52. The quantitative estimate of drug-likeness (QED) is 0.721. The molecule has 0 unspecified atom stereocenters. The van der Waals surface area contributed by atoms with Crippen molar-refractivity contribution in [1.82, 2.24) is 8.87 Å². The Morgan fingerprint density at radius 1 is 1.07 bits per heavy atom. The third kappa shape index (κ3) is 4.20. The van der Waals surface area contributed by atoms with E-state index >= 15 is 0 Å². The first-order chi connectivity index (χ1) is 13.9. The zero-order valence-electron chi connectivity index (χ0n) is 16.4. The number of piperidine rings is 1. The van der Waals surface area contributed by atoms with Crippen molar-refractivity contribution in [3.63, 3.8) is 0 Å². The molecule has 0 saturated carbocycles. The molecular formula is C22H25ClN2O3S. The Morgan fingerprint density at radius 3 is 2.55 bits per heavy atom. The monoisotopic (exact) mass is 432 g/mol. The number of sulfonamides is 1. The van der Waals surface area contributed by atoms with E-state index in [2.05, 4.69) is 0 Å². The van der Waals surface area contributed by atoms with E-state index in [1.54, 1.807) is 10.4 Å². The molecule has 2 bridgehead atoms. The minimum Gasteiger partial charge on any atom is -0.311 e. The van der Waals surface area contributed by atoms with Crippen molar-refractivity contribution in [3.05, 3.63) is 68.6 Å². The van der Waals surface area contributed by atoms with Gasteiger partial charge in [0, 0.05) is 42.3 Å². The molecule has 2 atom stereocenters. The Labute approximate surface area is 176 Å². The Morgan fingerprint density at radius 2 is 1.83 bits per heavy atom. The third-order valence-corrected chi connectivity index (χ3v) is 8.03. The SMILES string of the molecule is CCCS(=O)(=O)N1C[C@H]2C[C@H](C1)c1c(C=Cc3ccc(Cl)cc3)ccc(=O)n1C2. The van der Waals surface area contributed by atoms with Gasteiger partial charge in [-0.05, 0) is 48.1 Å². The predicted octanol–water partition coefficient (Wildman–Crippen LogP) is 3.83. The Balaban J connectivity index is 1.69. The number of benzene rings is 1. The Hall–Kier alpha value is -1.89. The van der Waals surface area contributed by atoms with E-state index in [1.807, 2.05) is 54.0 Å². The van der Waals surface area contributed by atoms with E-state index in [1.165, 1.54) is 0 Å². The zero-order chi connectivity index (χ0) is 20.6. The van der Waals surface area contributed by atoms with Gasteiger partial charge in [0.05, 0.1) is 5.75 Å². The largest absolute Gasteiger partial charge is 0.311 e. The average molecular weight is 433 g/mol. The first kappa shape index (κ1) is 20.4. The summed E-state index contributed by atoms with van der Waals surface area (Å²) in [5.41, 5.74) is 2.93. The molecule has 7 heteroatoms. The van der Waals surface area contributed by atoms with Crippen LogP contribution >= 0.6 is 11.6 Å². The van der Waals surface area contributed by atoms with Crippen LogP contribution in [-0.2, 0) is 16.6 Å². The Bertz CT molecular complexity index is 1090. The lowest BCUT2D eigenvalue weighted by molar-refractivity contribution is 0.186. The summed E-state index contributed by atoms with van der Waals surface area (Å²) in [6.45, 7) is 3.42. The minimum absolute atomic E-state index is 0.0109. The van der Waals surface area contributed by atoms with Crippen LogP contribution in [0.3, 0.4) is 0 Å². The van der Waals surface area contributed by atoms with Gasteiger partial charge >= 0.3 is 0 Å². The van der Waals surface area contributed by atoms with Crippen molar-refractivity contribution in [3.8, 4) is 0 Å². The average Bonchev–Trinajstić information content (AvgIpc) is 2.69. The highest BCUT2D eigenvalue weighted by Crippen LogP contribution is 2.38. The predicted molar refractivity (Wildman–Crippen MR) is 118 cm³/mol. The molecule has 0 spiro atoms. The summed E-state index contributed by atoms with van der Waals surface area (Å²) in [6.07, 6.45) is 5.54. The van der Waals surface area contributed by atoms with Crippen molar-refractivity contribution in [2.24, 2.45) is 5.92 Å². The summed E-state index contributed by atoms with van der Waals surface area (Å²) in [5.74, 6) is 0.395. The maximum absolute atomic E-state index is 12.7. The van der Waals surface area contributed by atoms with Crippen LogP contribution in [0.15, 0.2) is 41.2 Å². The molecule has 2 aromatic rings. The third-order valence-electron chi connectivity index (χ3n) is 5.77. The van der Waals surface area contributed by atoms with Gasteiger partial charge in [-0.15, -0.1) is 0 Å². The summed E-state index contributed by atoms with van der Waals surface area (Å²) >= 11 is 5.96. The molecule has 4 rings (SSSR count). The first-order valence-electron chi connectivity index (χ1n) is 10.0. The van der Waals surface area contributed by atoms with E-state index in [9.17, 15) is 13.2 Å². The van der Waals surface area contributed by atoms with Gasteiger partial charge in [0.2, 0.25) is 10.0 Å². The number of pyridine rings is 1. The lowest BCUT2D eigenvalue weighted by Crippen LogP contribution is -2.49. The van der Waals surface area contributed by atoms with E-state index in [-0.39, 0.29) is 23.1 Å². The fraction of sp³-hybridized carbons (Fsp3) is 0.409. The van der Waals surface area contributed by atoms with Crippen LogP contribution in [-0.4, -0.2) is 36.1 Å². The van der Waals surface area contributed by atoms with E-state index in [0.29, 0.717) is 31.1 Å². The number of aromatic nitrogens is 1. The second-order valence-corrected chi connectivity index (χ2v) is 10.5. The van der Waals surface area contributed by atoms with E-state index in [0.717, 1.165) is 23.2 Å². The number of hydrogen-bond acceptors (Lipinski definition) is 3. The molecule has 0 aliphatic carbocycles. The van der Waals surface area contributed by atoms with Gasteiger partial charge in [-0.2, -0.15) is 0 Å². The summed E-state index contributed by atoms with van der Waals surface area (Å²) in [4.78, 5) is 12.5. The van der Waals surface area contributed by atoms with Crippen molar-refractivity contribution in [2.45, 2.75) is 32.2 Å². The molecule has 1 fully saturated rings. The number of rotatable bonds is 5. The van der Waals surface area contributed by atoms with Crippen LogP contribution in [0.1, 0.15) is 42.5 Å². The van der Waals surface area contributed by atoms with Crippen LogP contribution in [0.5, 0.6) is 0 Å². The molecule has 1 aromatic heterocycles. The number of halogens is 1. The van der Waals surface area contributed by atoms with Crippen LogP contribution in [0.25, 0.3) is 12.2 Å². The summed E-state index contributed by atoms with van der Waals surface area (Å²) in [7, 11) is -3.24. The maximum atomic E-state index is 12.7. The zero-order valence-corrected chi connectivity index (χ0v) is 18.0. The highest BCUT2D eigenvalue weighted by molar-refractivity contribution is 7.89. The standard InChI is InChI=1S/C22H25ClN2O3S/c1-2-11-29(27,28)24-13-17-12-19(15-24)22-18(7-10-21(26)25(22)14-17)6-3-16-4-8-20(23)9-5-16/h3-10,17,19H,2,11-15H2,1H3/t17-,19-/m1/s1. The van der Waals surface area contributed by atoms with Crippen LogP contribution in [0.2, 0.25) is 5.02 Å². The van der Waals surface area contributed by atoms with E-state index in [4.69, 9.17) is 11.6 Å². The summed E-state index contributed by atoms with van der Waals surface area (Å²) < 4.78 is 28.8. The first-order valence-corrected chi connectivity index (χ1v) is 12.0. The highest BCUT2D eigenvalue weighted by Gasteiger charge is 2.39. The van der Waals surface area contributed by atoms with Gasteiger partial charge in [0.15, 0.2) is 0 Å². The van der Waals surface area contributed by atoms with Crippen LogP contribution < -0.4 is 5.56 Å². The number of hydrogen-bond donors (Lipinski definition) is 0. The summed E-state index contributed by atoms with van der Waals surface area (Å²) in [6, 6.07) is 11.0. The molecule has 154 valence electrons. The number of nitrogens with zero attached hydrogens (tertiary/aromatic N) is 2. The topological polar surface area (TPSA) is 59.4 Å². The normalized spacial score (nSPS) is 22.0. The highest BCUT2D eigenvalue weighted by atomic mass is 35.5. The lowest BCUT2D eigenvalue weighted by Gasteiger charge is -2.42. The molecule has 0 radical (unpaired) electrons. The molecule has 29 heavy (non-hydrogen) atoms. The second-order valence-electron chi connectivity index (χ2n) is 7.94. The molecule has 0 amide bonds. The molecule has 1 saturated heterocycles. The van der Waals surface area contributed by atoms with Crippen molar-refractivity contribution >= 4 is 33.8 Å². The molecular weight excluding hydrogens is 408 g/mol. The molecule has 3 heterocycles. The Kier molecular flexibility index (Phi) is 5.69. The summed E-state index contributed by atoms with van der Waals surface area (Å²) in [5, 5.41) is 0.687. The molecule has 0 N–H and O–H groups in total. The van der Waals surface area contributed by atoms with Gasteiger partial charge in [-0.25, -0.2) is 12.7 Å². The van der Waals surface area contributed by atoms with Gasteiger partial charge in [0.25, 0.3) is 5.56 Å². The van der Waals surface area contributed by atoms with Gasteiger partial charge < -0.3 is 4.57 Å². The molecule has 2 aliphatic rings. The lowest BCUT2D eigenvalue weighted by atomic mass is 9.82. The smallest absolute Gasteiger partial charge is 0.250 e. The van der Waals surface area contributed by atoms with Crippen LogP contribution in [0.4, 0.5) is 0 Å². The molecule has 2 aliphatic heterocycles. The van der Waals surface area contributed by atoms with Crippen molar-refractivity contribution < 1.29 is 8.42 Å². The van der Waals surface area contributed by atoms with Crippen molar-refractivity contribution in [2.75, 3.05) is 18.8 Å².